The number of para-hydroxylation sites is 2. The van der Waals surface area contributed by atoms with E-state index in [0.29, 0.717) is 17.9 Å². The van der Waals surface area contributed by atoms with Gasteiger partial charge in [-0.1, -0.05) is 67.9 Å². The summed E-state index contributed by atoms with van der Waals surface area (Å²) in [5, 5.41) is 4.32. The molecule has 0 aliphatic rings. The molecule has 8 heteroatoms. The minimum atomic E-state index is -4.60. The maximum absolute atomic E-state index is 13.6. The van der Waals surface area contributed by atoms with Crippen molar-refractivity contribution in [2.24, 2.45) is 0 Å². The van der Waals surface area contributed by atoms with Crippen molar-refractivity contribution in [3.8, 4) is 16.8 Å². The van der Waals surface area contributed by atoms with Crippen molar-refractivity contribution in [1.82, 2.24) is 14.3 Å². The van der Waals surface area contributed by atoms with Gasteiger partial charge in [0.25, 0.3) is 0 Å². The molecule has 0 unspecified atom stereocenters. The molecular weight excluding hydrogens is 441 g/mol. The maximum atomic E-state index is 13.6. The Morgan fingerprint density at radius 3 is 2.29 bits per heavy atom. The largest absolute Gasteiger partial charge is 0.418 e. The Bertz CT molecular complexity index is 1340. The summed E-state index contributed by atoms with van der Waals surface area (Å²) in [7, 11) is 0. The number of rotatable bonds is 7. The SMILES string of the molecule is CCCCc1nn(-c2ccccc2C(F)(F)F)c(=O)n1Cc1ccc(-c2ccccc2N)cc1. The van der Waals surface area contributed by atoms with Crippen LogP contribution in [0.5, 0.6) is 0 Å². The lowest BCUT2D eigenvalue weighted by atomic mass is 10.0. The lowest BCUT2D eigenvalue weighted by molar-refractivity contribution is -0.137. The lowest BCUT2D eigenvalue weighted by Gasteiger charge is -2.11. The fourth-order valence-electron chi connectivity index (χ4n) is 3.90. The van der Waals surface area contributed by atoms with Gasteiger partial charge in [0.05, 0.1) is 17.8 Å². The number of aromatic nitrogens is 3. The Hall–Kier alpha value is -3.81. The van der Waals surface area contributed by atoms with Gasteiger partial charge in [0.1, 0.15) is 5.82 Å². The molecule has 1 heterocycles. The molecule has 0 aliphatic carbocycles. The van der Waals surface area contributed by atoms with Crippen molar-refractivity contribution in [3.05, 3.63) is 100 Å². The maximum Gasteiger partial charge on any atom is 0.418 e. The van der Waals surface area contributed by atoms with Gasteiger partial charge in [-0.25, -0.2) is 4.79 Å². The molecule has 0 atom stereocenters. The van der Waals surface area contributed by atoms with Crippen molar-refractivity contribution in [2.75, 3.05) is 5.73 Å². The predicted molar refractivity (Wildman–Crippen MR) is 127 cm³/mol. The lowest BCUT2D eigenvalue weighted by Crippen LogP contribution is -2.26. The number of hydrogen-bond acceptors (Lipinski definition) is 3. The Balaban J connectivity index is 1.72. The van der Waals surface area contributed by atoms with Crippen molar-refractivity contribution >= 4 is 5.69 Å². The zero-order valence-corrected chi connectivity index (χ0v) is 18.7. The van der Waals surface area contributed by atoms with E-state index in [-0.39, 0.29) is 12.2 Å². The zero-order chi connectivity index (χ0) is 24.3. The Kier molecular flexibility index (Phi) is 6.58. The summed E-state index contributed by atoms with van der Waals surface area (Å²) in [5.41, 5.74) is 7.65. The Labute approximate surface area is 195 Å². The zero-order valence-electron chi connectivity index (χ0n) is 18.7. The number of halogens is 3. The summed E-state index contributed by atoms with van der Waals surface area (Å²) in [6.45, 7) is 2.21. The van der Waals surface area contributed by atoms with Crippen molar-refractivity contribution < 1.29 is 13.2 Å². The molecule has 1 aromatic heterocycles. The fraction of sp³-hybridized carbons (Fsp3) is 0.231. The highest BCUT2D eigenvalue weighted by atomic mass is 19.4. The molecule has 5 nitrogen and oxygen atoms in total. The fourth-order valence-corrected chi connectivity index (χ4v) is 3.90. The molecule has 0 spiro atoms. The highest BCUT2D eigenvalue weighted by Gasteiger charge is 2.34. The number of alkyl halides is 3. The van der Waals surface area contributed by atoms with Crippen LogP contribution in [0.25, 0.3) is 16.8 Å². The molecule has 34 heavy (non-hydrogen) atoms. The van der Waals surface area contributed by atoms with Crippen LogP contribution in [0.15, 0.2) is 77.6 Å². The first kappa shape index (κ1) is 23.4. The summed E-state index contributed by atoms with van der Waals surface area (Å²) in [6.07, 6.45) is -2.47. The number of anilines is 1. The van der Waals surface area contributed by atoms with E-state index in [9.17, 15) is 18.0 Å². The van der Waals surface area contributed by atoms with E-state index in [4.69, 9.17) is 5.73 Å². The average molecular weight is 467 g/mol. The molecule has 0 aliphatic heterocycles. The van der Waals surface area contributed by atoms with E-state index in [1.807, 2.05) is 55.5 Å². The normalized spacial score (nSPS) is 11.6. The van der Waals surface area contributed by atoms with Gasteiger partial charge in [0.15, 0.2) is 0 Å². The number of hydrogen-bond donors (Lipinski definition) is 1. The van der Waals surface area contributed by atoms with Gasteiger partial charge in [-0.15, -0.1) is 5.10 Å². The van der Waals surface area contributed by atoms with Crippen molar-refractivity contribution in [1.29, 1.82) is 0 Å². The first-order valence-corrected chi connectivity index (χ1v) is 11.1. The number of benzene rings is 3. The molecule has 0 radical (unpaired) electrons. The van der Waals surface area contributed by atoms with Crippen LogP contribution < -0.4 is 11.4 Å². The summed E-state index contributed by atoms with van der Waals surface area (Å²) >= 11 is 0. The number of unbranched alkanes of at least 4 members (excludes halogenated alkanes) is 1. The molecule has 2 N–H and O–H groups in total. The van der Waals surface area contributed by atoms with Gasteiger partial charge < -0.3 is 5.73 Å². The Morgan fingerprint density at radius 1 is 0.941 bits per heavy atom. The second-order valence-corrected chi connectivity index (χ2v) is 8.10. The van der Waals surface area contributed by atoms with Gasteiger partial charge in [-0.3, -0.25) is 4.57 Å². The third-order valence-corrected chi connectivity index (χ3v) is 5.70. The van der Waals surface area contributed by atoms with Crippen molar-refractivity contribution in [3.63, 3.8) is 0 Å². The standard InChI is InChI=1S/C26H25F3N4O/c1-2-3-12-24-31-33(23-11-7-5-9-21(23)26(27,28)29)25(34)32(24)17-18-13-15-19(16-14-18)20-8-4-6-10-22(20)30/h4-11,13-16H,2-3,12,17,30H2,1H3. The summed E-state index contributed by atoms with van der Waals surface area (Å²) in [5.74, 6) is 0.459. The predicted octanol–water partition coefficient (Wildman–Crippen LogP) is 5.69. The highest BCUT2D eigenvalue weighted by molar-refractivity contribution is 5.76. The van der Waals surface area contributed by atoms with Gasteiger partial charge in [-0.05, 0) is 35.7 Å². The van der Waals surface area contributed by atoms with E-state index in [1.165, 1.54) is 22.8 Å². The third-order valence-electron chi connectivity index (χ3n) is 5.70. The third kappa shape index (κ3) is 4.76. The molecule has 176 valence electrons. The van der Waals surface area contributed by atoms with E-state index in [1.54, 1.807) is 0 Å². The topological polar surface area (TPSA) is 65.8 Å². The van der Waals surface area contributed by atoms with Crippen LogP contribution in [0.1, 0.15) is 36.7 Å². The van der Waals surface area contributed by atoms with Crippen LogP contribution in [0.4, 0.5) is 18.9 Å². The molecule has 0 amide bonds. The molecule has 4 rings (SSSR count). The van der Waals surface area contributed by atoms with Crippen LogP contribution in [-0.2, 0) is 19.1 Å². The molecule has 0 saturated carbocycles. The van der Waals surface area contributed by atoms with Crippen molar-refractivity contribution in [2.45, 2.75) is 38.9 Å². The molecule has 0 bridgehead atoms. The number of nitrogen functional groups attached to an aromatic ring is 1. The molecule has 4 aromatic rings. The summed E-state index contributed by atoms with van der Waals surface area (Å²) in [6, 6.07) is 20.1. The second-order valence-electron chi connectivity index (χ2n) is 8.10. The monoisotopic (exact) mass is 466 g/mol. The van der Waals surface area contributed by atoms with E-state index < -0.39 is 17.4 Å². The number of aryl methyl sites for hydroxylation is 1. The minimum Gasteiger partial charge on any atom is -0.398 e. The molecular formula is C26H25F3N4O. The van der Waals surface area contributed by atoms with Crippen LogP contribution >= 0.6 is 0 Å². The molecule has 3 aromatic carbocycles. The van der Waals surface area contributed by atoms with E-state index in [2.05, 4.69) is 5.10 Å². The first-order valence-electron chi connectivity index (χ1n) is 11.1. The molecule has 0 saturated heterocycles. The first-order chi connectivity index (χ1) is 16.3. The minimum absolute atomic E-state index is 0.205. The van der Waals surface area contributed by atoms with Gasteiger partial charge >= 0.3 is 11.9 Å². The number of nitrogens with zero attached hydrogens (tertiary/aromatic N) is 3. The number of nitrogens with two attached hydrogens (primary N) is 1. The van der Waals surface area contributed by atoms with E-state index in [0.717, 1.165) is 40.3 Å². The summed E-state index contributed by atoms with van der Waals surface area (Å²) in [4.78, 5) is 13.2. The van der Waals surface area contributed by atoms with Crippen LogP contribution in [0.2, 0.25) is 0 Å². The average Bonchev–Trinajstić information content (AvgIpc) is 3.13. The van der Waals surface area contributed by atoms with Gasteiger partial charge in [0, 0.05) is 17.7 Å². The molecule has 0 fully saturated rings. The van der Waals surface area contributed by atoms with Gasteiger partial charge in [-0.2, -0.15) is 17.9 Å². The summed E-state index contributed by atoms with van der Waals surface area (Å²) < 4.78 is 43.0. The quantitative estimate of drug-likeness (QED) is 0.356. The van der Waals surface area contributed by atoms with E-state index >= 15 is 0 Å². The van der Waals surface area contributed by atoms with Gasteiger partial charge in [0.2, 0.25) is 0 Å². The van der Waals surface area contributed by atoms with Crippen LogP contribution in [0.3, 0.4) is 0 Å². The highest BCUT2D eigenvalue weighted by Crippen LogP contribution is 2.33. The second kappa shape index (κ2) is 9.59. The smallest absolute Gasteiger partial charge is 0.398 e. The van der Waals surface area contributed by atoms with Crippen LogP contribution in [-0.4, -0.2) is 14.3 Å². The Morgan fingerprint density at radius 2 is 1.62 bits per heavy atom. The van der Waals surface area contributed by atoms with Crippen LogP contribution in [0, 0.1) is 0 Å².